The molecule has 0 radical (unpaired) electrons. The zero-order chi connectivity index (χ0) is 17.2. The lowest BCUT2D eigenvalue weighted by molar-refractivity contribution is -0.0787. The van der Waals surface area contributed by atoms with Crippen molar-refractivity contribution in [3.63, 3.8) is 0 Å². The van der Waals surface area contributed by atoms with Crippen molar-refractivity contribution in [1.82, 2.24) is 19.9 Å². The maximum Gasteiger partial charge on any atom is 0.274 e. The summed E-state index contributed by atoms with van der Waals surface area (Å²) in [5, 5.41) is 0. The molecule has 2 fully saturated rings. The Morgan fingerprint density at radius 2 is 2.20 bits per heavy atom. The molecule has 7 nitrogen and oxygen atoms in total. The van der Waals surface area contributed by atoms with Crippen LogP contribution < -0.4 is 4.74 Å². The Bertz CT molecular complexity index is 738. The number of aromatic nitrogens is 3. The van der Waals surface area contributed by atoms with E-state index in [4.69, 9.17) is 9.47 Å². The van der Waals surface area contributed by atoms with Crippen molar-refractivity contribution >= 4 is 5.91 Å². The van der Waals surface area contributed by atoms with Crippen molar-refractivity contribution < 1.29 is 14.3 Å². The molecule has 2 aromatic rings. The van der Waals surface area contributed by atoms with Crippen molar-refractivity contribution in [3.05, 3.63) is 48.3 Å². The van der Waals surface area contributed by atoms with Gasteiger partial charge in [0.05, 0.1) is 30.7 Å². The minimum absolute atomic E-state index is 0.00558. The zero-order valence-electron chi connectivity index (χ0n) is 14.0. The normalized spacial score (nSPS) is 25.5. The third kappa shape index (κ3) is 3.19. The summed E-state index contributed by atoms with van der Waals surface area (Å²) in [5.41, 5.74) is 1.17. The van der Waals surface area contributed by atoms with Crippen molar-refractivity contribution in [2.75, 3.05) is 13.2 Å². The molecule has 3 atom stereocenters. The highest BCUT2D eigenvalue weighted by molar-refractivity contribution is 5.92. The van der Waals surface area contributed by atoms with E-state index in [9.17, 15) is 4.79 Å². The van der Waals surface area contributed by atoms with Gasteiger partial charge >= 0.3 is 0 Å². The first-order chi connectivity index (χ1) is 12.2. The lowest BCUT2D eigenvalue weighted by atomic mass is 10.1. The number of rotatable bonds is 3. The van der Waals surface area contributed by atoms with Gasteiger partial charge in [-0.05, 0) is 31.9 Å². The van der Waals surface area contributed by atoms with Gasteiger partial charge < -0.3 is 14.4 Å². The van der Waals surface area contributed by atoms with Gasteiger partial charge in [0.2, 0.25) is 0 Å². The van der Waals surface area contributed by atoms with Gasteiger partial charge in [0.15, 0.2) is 0 Å². The van der Waals surface area contributed by atoms with E-state index in [1.165, 1.54) is 0 Å². The molecule has 0 unspecified atom stereocenters. The molecule has 1 saturated heterocycles. The first-order valence-electron chi connectivity index (χ1n) is 8.50. The fraction of sp³-hybridized carbons (Fsp3) is 0.444. The number of carbonyl (C=O) groups excluding carboxylic acids is 1. The molecule has 0 N–H and O–H groups in total. The van der Waals surface area contributed by atoms with Gasteiger partial charge in [0, 0.05) is 18.9 Å². The first-order valence-corrected chi connectivity index (χ1v) is 8.50. The van der Waals surface area contributed by atoms with Gasteiger partial charge in [-0.1, -0.05) is 0 Å². The second-order valence-corrected chi connectivity index (χ2v) is 6.37. The maximum atomic E-state index is 12.8. The lowest BCUT2D eigenvalue weighted by Crippen LogP contribution is -2.54. The molecule has 3 heterocycles. The van der Waals surface area contributed by atoms with Crippen LogP contribution in [0.3, 0.4) is 0 Å². The number of amides is 1. The number of fused-ring (bicyclic) bond motifs is 1. The van der Waals surface area contributed by atoms with Crippen LogP contribution in [-0.4, -0.2) is 57.2 Å². The molecule has 7 heteroatoms. The van der Waals surface area contributed by atoms with Crippen molar-refractivity contribution in [3.8, 4) is 5.75 Å². The quantitative estimate of drug-likeness (QED) is 0.845. The van der Waals surface area contributed by atoms with Crippen LogP contribution in [0, 0.1) is 6.92 Å². The number of carbonyl (C=O) groups is 1. The summed E-state index contributed by atoms with van der Waals surface area (Å²) in [6.45, 7) is 2.91. The van der Waals surface area contributed by atoms with E-state index < -0.39 is 0 Å². The van der Waals surface area contributed by atoms with Crippen molar-refractivity contribution in [1.29, 1.82) is 0 Å². The predicted molar refractivity (Wildman–Crippen MR) is 89.2 cm³/mol. The van der Waals surface area contributed by atoms with E-state index in [1.807, 2.05) is 24.0 Å². The van der Waals surface area contributed by atoms with Gasteiger partial charge in [-0.25, -0.2) is 4.98 Å². The Balaban J connectivity index is 1.49. The first kappa shape index (κ1) is 16.0. The average molecular weight is 340 g/mol. The summed E-state index contributed by atoms with van der Waals surface area (Å²) in [6.07, 6.45) is 8.05. The largest absolute Gasteiger partial charge is 0.486 e. The van der Waals surface area contributed by atoms with Crippen LogP contribution in [0.25, 0.3) is 0 Å². The fourth-order valence-corrected chi connectivity index (χ4v) is 3.54. The molecule has 1 aliphatic heterocycles. The Morgan fingerprint density at radius 3 is 2.96 bits per heavy atom. The highest BCUT2D eigenvalue weighted by atomic mass is 16.5. The predicted octanol–water partition coefficient (Wildman–Crippen LogP) is 1.63. The van der Waals surface area contributed by atoms with Crippen LogP contribution in [0.2, 0.25) is 0 Å². The number of nitrogens with zero attached hydrogens (tertiary/aromatic N) is 4. The van der Waals surface area contributed by atoms with Crippen LogP contribution in [-0.2, 0) is 4.74 Å². The third-order valence-corrected chi connectivity index (χ3v) is 4.72. The van der Waals surface area contributed by atoms with Gasteiger partial charge in [-0.15, -0.1) is 0 Å². The van der Waals surface area contributed by atoms with Crippen LogP contribution in [0.5, 0.6) is 5.75 Å². The molecule has 1 amide bonds. The Morgan fingerprint density at radius 1 is 1.28 bits per heavy atom. The molecule has 25 heavy (non-hydrogen) atoms. The summed E-state index contributed by atoms with van der Waals surface area (Å²) in [7, 11) is 0. The number of pyridine rings is 1. The van der Waals surface area contributed by atoms with E-state index in [-0.39, 0.29) is 24.2 Å². The van der Waals surface area contributed by atoms with Gasteiger partial charge in [-0.3, -0.25) is 14.8 Å². The summed E-state index contributed by atoms with van der Waals surface area (Å²) in [5.74, 6) is 0.637. The Kier molecular flexibility index (Phi) is 4.31. The molecule has 4 rings (SSSR count). The summed E-state index contributed by atoms with van der Waals surface area (Å²) >= 11 is 0. The van der Waals surface area contributed by atoms with Crippen molar-refractivity contribution in [2.45, 2.75) is 38.0 Å². The topological polar surface area (TPSA) is 77.4 Å². The minimum Gasteiger partial charge on any atom is -0.486 e. The van der Waals surface area contributed by atoms with E-state index in [1.54, 1.807) is 24.8 Å². The number of aryl methyl sites for hydroxylation is 1. The second kappa shape index (κ2) is 6.76. The van der Waals surface area contributed by atoms with E-state index in [0.717, 1.165) is 24.3 Å². The van der Waals surface area contributed by atoms with E-state index in [2.05, 4.69) is 15.0 Å². The number of ether oxygens (including phenoxy) is 2. The van der Waals surface area contributed by atoms with Gasteiger partial charge in [0.1, 0.15) is 23.7 Å². The fourth-order valence-electron chi connectivity index (χ4n) is 3.54. The SMILES string of the molecule is Cc1cnc(C(=O)N2CCO[C@H]3[C@H](Oc4cccnc4)CC[C@@H]32)cn1. The number of hydrogen-bond donors (Lipinski definition) is 0. The van der Waals surface area contributed by atoms with Gasteiger partial charge in [0.25, 0.3) is 5.91 Å². The highest BCUT2D eigenvalue weighted by Crippen LogP contribution is 2.33. The molecule has 0 aromatic carbocycles. The second-order valence-electron chi connectivity index (χ2n) is 6.37. The monoisotopic (exact) mass is 340 g/mol. The van der Waals surface area contributed by atoms with Crippen LogP contribution in [0.15, 0.2) is 36.9 Å². The molecule has 1 aliphatic carbocycles. The van der Waals surface area contributed by atoms with Crippen LogP contribution >= 0.6 is 0 Å². The Hall–Kier alpha value is -2.54. The van der Waals surface area contributed by atoms with Crippen LogP contribution in [0.1, 0.15) is 29.0 Å². The average Bonchev–Trinajstić information content (AvgIpc) is 3.06. The highest BCUT2D eigenvalue weighted by Gasteiger charge is 2.46. The summed E-state index contributed by atoms with van der Waals surface area (Å²) in [4.78, 5) is 27.2. The van der Waals surface area contributed by atoms with E-state index >= 15 is 0 Å². The molecule has 0 spiro atoms. The standard InChI is InChI=1S/C18H20N4O3/c1-12-9-21-14(11-20-12)18(23)22-7-8-24-17-15(22)4-5-16(17)25-13-3-2-6-19-10-13/h2-3,6,9-11,15-17H,4-5,7-8H2,1H3/t15-,16+,17+/m0/s1. The summed E-state index contributed by atoms with van der Waals surface area (Å²) in [6, 6.07) is 3.73. The van der Waals surface area contributed by atoms with E-state index in [0.29, 0.717) is 18.8 Å². The maximum absolute atomic E-state index is 12.8. The minimum atomic E-state index is -0.128. The van der Waals surface area contributed by atoms with Crippen LogP contribution in [0.4, 0.5) is 0 Å². The summed E-state index contributed by atoms with van der Waals surface area (Å²) < 4.78 is 12.0. The molecule has 2 aromatic heterocycles. The number of morpholine rings is 1. The zero-order valence-corrected chi connectivity index (χ0v) is 14.0. The number of hydrogen-bond acceptors (Lipinski definition) is 6. The molecular formula is C18H20N4O3. The smallest absolute Gasteiger partial charge is 0.274 e. The molecule has 0 bridgehead atoms. The van der Waals surface area contributed by atoms with Crippen molar-refractivity contribution in [2.24, 2.45) is 0 Å². The molecule has 2 aliphatic rings. The molecule has 1 saturated carbocycles. The lowest BCUT2D eigenvalue weighted by Gasteiger charge is -2.38. The van der Waals surface area contributed by atoms with Gasteiger partial charge in [-0.2, -0.15) is 0 Å². The third-order valence-electron chi connectivity index (χ3n) is 4.72. The Labute approximate surface area is 146 Å². The molecule has 130 valence electrons. The molecular weight excluding hydrogens is 320 g/mol.